The summed E-state index contributed by atoms with van der Waals surface area (Å²) in [5, 5.41) is 0. The van der Waals surface area contributed by atoms with Crippen LogP contribution < -0.4 is 0 Å². The van der Waals surface area contributed by atoms with E-state index in [2.05, 4.69) is 6.92 Å². The number of hydrogen-bond acceptors (Lipinski definition) is 2. The van der Waals surface area contributed by atoms with Crippen molar-refractivity contribution >= 4 is 5.78 Å². The van der Waals surface area contributed by atoms with Gasteiger partial charge in [0.15, 0.2) is 0 Å². The molecule has 0 saturated heterocycles. The molecule has 1 aliphatic carbocycles. The molecule has 0 bridgehead atoms. The quantitative estimate of drug-likeness (QED) is 0.635. The number of ketones is 1. The van der Waals surface area contributed by atoms with E-state index in [0.717, 1.165) is 31.8 Å². The van der Waals surface area contributed by atoms with E-state index < -0.39 is 0 Å². The third-order valence-electron chi connectivity index (χ3n) is 3.24. The summed E-state index contributed by atoms with van der Waals surface area (Å²) in [6.07, 6.45) is 6.32. The molecule has 1 fully saturated rings. The van der Waals surface area contributed by atoms with Gasteiger partial charge in [0.2, 0.25) is 0 Å². The first-order chi connectivity index (χ1) is 6.74. The molecular weight excluding hydrogens is 176 g/mol. The number of ether oxygens (including phenoxy) is 1. The highest BCUT2D eigenvalue weighted by atomic mass is 16.5. The normalized spacial score (nSPS) is 27.6. The Balaban J connectivity index is 2.17. The maximum atomic E-state index is 11.7. The van der Waals surface area contributed by atoms with Crippen LogP contribution in [0, 0.1) is 11.8 Å². The predicted octanol–water partition coefficient (Wildman–Crippen LogP) is 2.81. The lowest BCUT2D eigenvalue weighted by molar-refractivity contribution is -0.124. The Bertz CT molecular complexity index is 169. The predicted molar refractivity (Wildman–Crippen MR) is 57.2 cm³/mol. The highest BCUT2D eigenvalue weighted by molar-refractivity contribution is 5.81. The van der Waals surface area contributed by atoms with Crippen LogP contribution in [-0.2, 0) is 9.53 Å². The Morgan fingerprint density at radius 1 is 1.29 bits per heavy atom. The van der Waals surface area contributed by atoms with Gasteiger partial charge < -0.3 is 4.74 Å². The van der Waals surface area contributed by atoms with Crippen LogP contribution in [0.1, 0.15) is 45.4 Å². The molecule has 0 atom stereocenters. The lowest BCUT2D eigenvalue weighted by Gasteiger charge is -2.24. The first-order valence-electron chi connectivity index (χ1n) is 5.75. The van der Waals surface area contributed by atoms with Gasteiger partial charge in [-0.1, -0.05) is 19.8 Å². The van der Waals surface area contributed by atoms with E-state index in [-0.39, 0.29) is 0 Å². The molecule has 1 saturated carbocycles. The second-order valence-electron chi connectivity index (χ2n) is 4.52. The zero-order valence-corrected chi connectivity index (χ0v) is 9.42. The van der Waals surface area contributed by atoms with Gasteiger partial charge in [-0.3, -0.25) is 4.79 Å². The van der Waals surface area contributed by atoms with E-state index in [1.807, 2.05) is 0 Å². The SMILES string of the molecule is COCCCC(=O)C1CCC(C)CC1. The first kappa shape index (κ1) is 11.7. The van der Waals surface area contributed by atoms with Crippen LogP contribution in [0.15, 0.2) is 0 Å². The van der Waals surface area contributed by atoms with E-state index in [9.17, 15) is 4.79 Å². The van der Waals surface area contributed by atoms with Gasteiger partial charge in [0, 0.05) is 26.1 Å². The zero-order chi connectivity index (χ0) is 10.4. The third kappa shape index (κ3) is 3.79. The number of Topliss-reactive ketones (excluding diaryl/α,β-unsaturated/α-hetero) is 1. The molecule has 82 valence electrons. The molecule has 0 heterocycles. The van der Waals surface area contributed by atoms with Crippen molar-refractivity contribution in [2.45, 2.75) is 45.4 Å². The minimum atomic E-state index is 0.364. The highest BCUT2D eigenvalue weighted by Crippen LogP contribution is 2.29. The summed E-state index contributed by atoms with van der Waals surface area (Å²) in [7, 11) is 1.69. The Kier molecular flexibility index (Phi) is 5.16. The van der Waals surface area contributed by atoms with Crippen molar-refractivity contribution in [2.75, 3.05) is 13.7 Å². The van der Waals surface area contributed by atoms with Crippen molar-refractivity contribution in [1.29, 1.82) is 0 Å². The van der Waals surface area contributed by atoms with Crippen LogP contribution in [0.25, 0.3) is 0 Å². The smallest absolute Gasteiger partial charge is 0.136 e. The zero-order valence-electron chi connectivity index (χ0n) is 9.42. The maximum absolute atomic E-state index is 11.7. The Morgan fingerprint density at radius 2 is 1.93 bits per heavy atom. The van der Waals surface area contributed by atoms with E-state index in [4.69, 9.17) is 4.74 Å². The molecule has 1 rings (SSSR count). The second kappa shape index (κ2) is 6.18. The lowest BCUT2D eigenvalue weighted by Crippen LogP contribution is -2.20. The van der Waals surface area contributed by atoms with Crippen LogP contribution in [0.2, 0.25) is 0 Å². The number of carbonyl (C=O) groups excluding carboxylic acids is 1. The molecule has 0 aromatic carbocycles. The lowest BCUT2D eigenvalue weighted by atomic mass is 9.80. The van der Waals surface area contributed by atoms with Crippen LogP contribution in [-0.4, -0.2) is 19.5 Å². The molecule has 1 aliphatic rings. The Morgan fingerprint density at radius 3 is 2.50 bits per heavy atom. The average Bonchev–Trinajstić information content (AvgIpc) is 2.19. The fourth-order valence-corrected chi connectivity index (χ4v) is 2.18. The molecule has 14 heavy (non-hydrogen) atoms. The standard InChI is InChI=1S/C12H22O2/c1-10-5-7-11(8-6-10)12(13)4-3-9-14-2/h10-11H,3-9H2,1-2H3. The molecule has 0 unspecified atom stereocenters. The molecule has 0 aromatic rings. The van der Waals surface area contributed by atoms with Crippen LogP contribution in [0.5, 0.6) is 0 Å². The molecule has 0 aliphatic heterocycles. The van der Waals surface area contributed by atoms with Gasteiger partial charge in [0.05, 0.1) is 0 Å². The third-order valence-corrected chi connectivity index (χ3v) is 3.24. The van der Waals surface area contributed by atoms with Crippen molar-refractivity contribution in [2.24, 2.45) is 11.8 Å². The summed E-state index contributed by atoms with van der Waals surface area (Å²) in [4.78, 5) is 11.7. The van der Waals surface area contributed by atoms with E-state index in [0.29, 0.717) is 18.1 Å². The van der Waals surface area contributed by atoms with E-state index >= 15 is 0 Å². The molecule has 0 N–H and O–H groups in total. The topological polar surface area (TPSA) is 26.3 Å². The molecule has 2 nitrogen and oxygen atoms in total. The van der Waals surface area contributed by atoms with Gasteiger partial charge in [0.1, 0.15) is 5.78 Å². The van der Waals surface area contributed by atoms with Gasteiger partial charge in [-0.25, -0.2) is 0 Å². The van der Waals surface area contributed by atoms with E-state index in [1.54, 1.807) is 7.11 Å². The average molecular weight is 198 g/mol. The minimum Gasteiger partial charge on any atom is -0.385 e. The largest absolute Gasteiger partial charge is 0.385 e. The number of hydrogen-bond donors (Lipinski definition) is 0. The molecule has 0 spiro atoms. The Hall–Kier alpha value is -0.370. The van der Waals surface area contributed by atoms with Crippen LogP contribution in [0.3, 0.4) is 0 Å². The highest BCUT2D eigenvalue weighted by Gasteiger charge is 2.23. The Labute approximate surface area is 87.0 Å². The van der Waals surface area contributed by atoms with Crippen LogP contribution >= 0.6 is 0 Å². The monoisotopic (exact) mass is 198 g/mol. The van der Waals surface area contributed by atoms with E-state index in [1.165, 1.54) is 12.8 Å². The number of methoxy groups -OCH3 is 1. The summed E-state index contributed by atoms with van der Waals surface area (Å²) in [6, 6.07) is 0. The summed E-state index contributed by atoms with van der Waals surface area (Å²) in [5.74, 6) is 1.66. The molecule has 0 radical (unpaired) electrons. The second-order valence-corrected chi connectivity index (χ2v) is 4.52. The minimum absolute atomic E-state index is 0.364. The van der Waals surface area contributed by atoms with Gasteiger partial charge in [-0.15, -0.1) is 0 Å². The molecule has 0 aromatic heterocycles. The van der Waals surface area contributed by atoms with Crippen molar-refractivity contribution in [1.82, 2.24) is 0 Å². The summed E-state index contributed by atoms with van der Waals surface area (Å²) < 4.78 is 4.94. The van der Waals surface area contributed by atoms with Crippen molar-refractivity contribution in [3.63, 3.8) is 0 Å². The van der Waals surface area contributed by atoms with Crippen molar-refractivity contribution < 1.29 is 9.53 Å². The fourth-order valence-electron chi connectivity index (χ4n) is 2.18. The van der Waals surface area contributed by atoms with Crippen molar-refractivity contribution in [3.8, 4) is 0 Å². The van der Waals surface area contributed by atoms with Crippen molar-refractivity contribution in [3.05, 3.63) is 0 Å². The van der Waals surface area contributed by atoms with Crippen LogP contribution in [0.4, 0.5) is 0 Å². The molecular formula is C12H22O2. The number of carbonyl (C=O) groups is 1. The molecule has 2 heteroatoms. The number of rotatable bonds is 5. The fraction of sp³-hybridized carbons (Fsp3) is 0.917. The van der Waals surface area contributed by atoms with Gasteiger partial charge in [0.25, 0.3) is 0 Å². The maximum Gasteiger partial charge on any atom is 0.136 e. The summed E-state index contributed by atoms with van der Waals surface area (Å²) in [6.45, 7) is 3.00. The van der Waals surface area contributed by atoms with Gasteiger partial charge >= 0.3 is 0 Å². The summed E-state index contributed by atoms with van der Waals surface area (Å²) in [5.41, 5.74) is 0. The summed E-state index contributed by atoms with van der Waals surface area (Å²) >= 11 is 0. The van der Waals surface area contributed by atoms with Gasteiger partial charge in [-0.2, -0.15) is 0 Å². The molecule has 0 amide bonds. The van der Waals surface area contributed by atoms with Gasteiger partial charge in [-0.05, 0) is 25.2 Å². The first-order valence-corrected chi connectivity index (χ1v) is 5.75.